The van der Waals surface area contributed by atoms with Crippen LogP contribution in [-0.4, -0.2) is 15.7 Å². The van der Waals surface area contributed by atoms with Crippen LogP contribution in [0, 0.1) is 17.1 Å². The Morgan fingerprint density at radius 1 is 1.56 bits per heavy atom. The van der Waals surface area contributed by atoms with E-state index in [0.29, 0.717) is 23.3 Å². The molecule has 1 heterocycles. The van der Waals surface area contributed by atoms with Gasteiger partial charge in [-0.25, -0.2) is 9.37 Å². The first-order valence-electron chi connectivity index (χ1n) is 4.59. The number of H-pyrrole nitrogens is 1. The fourth-order valence-corrected chi connectivity index (χ4v) is 2.01. The maximum Gasteiger partial charge on any atom is 0.152 e. The molecule has 0 aliphatic rings. The smallest absolute Gasteiger partial charge is 0.152 e. The second-order valence-corrected chi connectivity index (χ2v) is 4.67. The Labute approximate surface area is 101 Å². The first-order chi connectivity index (χ1) is 7.74. The van der Waals surface area contributed by atoms with E-state index < -0.39 is 5.82 Å². The minimum atomic E-state index is -0.463. The number of imidazole rings is 1. The zero-order chi connectivity index (χ0) is 11.5. The highest BCUT2D eigenvalue weighted by molar-refractivity contribution is 8.68. The predicted molar refractivity (Wildman–Crippen MR) is 65.9 cm³/mol. The molecule has 0 atom stereocenters. The van der Waals surface area contributed by atoms with E-state index >= 15 is 0 Å². The largest absolute Gasteiger partial charge is 0.342 e. The highest BCUT2D eigenvalue weighted by Gasteiger charge is 2.09. The fourth-order valence-electron chi connectivity index (χ4n) is 1.45. The third kappa shape index (κ3) is 2.15. The molecule has 3 nitrogen and oxygen atoms in total. The minimum absolute atomic E-state index is 0.290. The zero-order valence-corrected chi connectivity index (χ0v) is 9.91. The van der Waals surface area contributed by atoms with E-state index in [4.69, 9.17) is 5.26 Å². The number of fused-ring (bicyclic) bond motifs is 1. The third-order valence-electron chi connectivity index (χ3n) is 2.15. The van der Waals surface area contributed by atoms with Gasteiger partial charge in [-0.15, -0.1) is 11.7 Å². The van der Waals surface area contributed by atoms with Crippen molar-refractivity contribution in [1.29, 1.82) is 5.26 Å². The van der Waals surface area contributed by atoms with Crippen LogP contribution in [0.3, 0.4) is 0 Å². The molecule has 82 valence electrons. The highest BCUT2D eigenvalue weighted by atomic mass is 33.1. The molecule has 1 N–H and O–H groups in total. The van der Waals surface area contributed by atoms with Crippen molar-refractivity contribution in [2.45, 2.75) is 6.42 Å². The molecule has 0 aliphatic heterocycles. The Morgan fingerprint density at radius 2 is 2.38 bits per heavy atom. The van der Waals surface area contributed by atoms with Crippen LogP contribution in [-0.2, 0) is 6.42 Å². The van der Waals surface area contributed by atoms with Gasteiger partial charge < -0.3 is 4.98 Å². The number of nitrogens with zero attached hydrogens (tertiary/aromatic N) is 2. The molecule has 0 fully saturated rings. The summed E-state index contributed by atoms with van der Waals surface area (Å²) in [7, 11) is 1.41. The fraction of sp³-hybridized carbons (Fsp3) is 0.200. The number of nitriles is 1. The molecule has 0 unspecified atom stereocenters. The second kappa shape index (κ2) is 4.76. The molecule has 0 bridgehead atoms. The lowest BCUT2D eigenvalue weighted by Gasteiger charge is -1.91. The molecular weight excluding hydrogens is 245 g/mol. The Hall–Kier alpha value is -1.19. The Morgan fingerprint density at radius 3 is 3.06 bits per heavy atom. The van der Waals surface area contributed by atoms with E-state index in [1.54, 1.807) is 6.07 Å². The Bertz CT molecular complexity index is 559. The normalized spacial score (nSPS) is 10.6. The molecule has 0 radical (unpaired) electrons. The van der Waals surface area contributed by atoms with Gasteiger partial charge in [0.2, 0.25) is 0 Å². The van der Waals surface area contributed by atoms with Crippen LogP contribution in [0.5, 0.6) is 0 Å². The summed E-state index contributed by atoms with van der Waals surface area (Å²) in [6.45, 7) is 0. The maximum absolute atomic E-state index is 13.5. The number of aromatic amines is 1. The molecule has 16 heavy (non-hydrogen) atoms. The van der Waals surface area contributed by atoms with Crippen molar-refractivity contribution < 1.29 is 4.39 Å². The van der Waals surface area contributed by atoms with Crippen molar-refractivity contribution in [2.24, 2.45) is 0 Å². The first-order valence-corrected chi connectivity index (χ1v) is 6.63. The average molecular weight is 253 g/mol. The molecule has 2 aromatic rings. The van der Waals surface area contributed by atoms with Crippen LogP contribution in [0.1, 0.15) is 11.4 Å². The quantitative estimate of drug-likeness (QED) is 0.653. The number of rotatable bonds is 3. The summed E-state index contributed by atoms with van der Waals surface area (Å²) < 4.78 is 13.5. The van der Waals surface area contributed by atoms with Gasteiger partial charge >= 0.3 is 0 Å². The Balaban J connectivity index is 2.45. The SMILES string of the molecule is N#Cc1cc(F)c2nc(CCSS)[nH]c2c1. The van der Waals surface area contributed by atoms with Crippen molar-refractivity contribution in [1.82, 2.24) is 9.97 Å². The number of aryl methyl sites for hydroxylation is 1. The number of hydrogen-bond acceptors (Lipinski definition) is 4. The standard InChI is InChI=1S/C10H8FN3S2/c11-7-3-6(5-12)4-8-10(7)14-9(13-8)1-2-16-15/h3-4,15H,1-2H2,(H,13,14). The van der Waals surface area contributed by atoms with Crippen molar-refractivity contribution in [3.8, 4) is 6.07 Å². The van der Waals surface area contributed by atoms with E-state index in [1.165, 1.54) is 16.9 Å². The highest BCUT2D eigenvalue weighted by Crippen LogP contribution is 2.18. The van der Waals surface area contributed by atoms with Gasteiger partial charge in [-0.2, -0.15) is 5.26 Å². The van der Waals surface area contributed by atoms with E-state index in [0.717, 1.165) is 5.75 Å². The van der Waals surface area contributed by atoms with E-state index in [1.807, 2.05) is 6.07 Å². The second-order valence-electron chi connectivity index (χ2n) is 3.23. The summed E-state index contributed by atoms with van der Waals surface area (Å²) >= 11 is 4.02. The van der Waals surface area contributed by atoms with Gasteiger partial charge in [0.25, 0.3) is 0 Å². The van der Waals surface area contributed by atoms with Gasteiger partial charge in [-0.3, -0.25) is 0 Å². The summed E-state index contributed by atoms with van der Waals surface area (Å²) in [5, 5.41) is 8.71. The van der Waals surface area contributed by atoms with Gasteiger partial charge in [0.1, 0.15) is 11.3 Å². The lowest BCUT2D eigenvalue weighted by atomic mass is 10.2. The van der Waals surface area contributed by atoms with E-state index in [-0.39, 0.29) is 5.52 Å². The molecule has 1 aromatic carbocycles. The summed E-state index contributed by atoms with van der Waals surface area (Å²) in [6, 6.07) is 4.70. The number of aromatic nitrogens is 2. The van der Waals surface area contributed by atoms with E-state index in [2.05, 4.69) is 21.6 Å². The van der Waals surface area contributed by atoms with Crippen LogP contribution >= 0.6 is 22.5 Å². The molecule has 6 heteroatoms. The zero-order valence-electron chi connectivity index (χ0n) is 8.20. The van der Waals surface area contributed by atoms with Crippen LogP contribution < -0.4 is 0 Å². The van der Waals surface area contributed by atoms with Gasteiger partial charge in [-0.05, 0) is 12.1 Å². The van der Waals surface area contributed by atoms with Gasteiger partial charge in [-0.1, -0.05) is 10.8 Å². The molecule has 0 aliphatic carbocycles. The number of thiol groups is 1. The van der Waals surface area contributed by atoms with Gasteiger partial charge in [0.05, 0.1) is 17.1 Å². The number of nitrogens with one attached hydrogen (secondary N) is 1. The van der Waals surface area contributed by atoms with E-state index in [9.17, 15) is 4.39 Å². The number of benzene rings is 1. The average Bonchev–Trinajstić information content (AvgIpc) is 2.69. The van der Waals surface area contributed by atoms with Crippen LogP contribution in [0.15, 0.2) is 12.1 Å². The third-order valence-corrected chi connectivity index (χ3v) is 3.08. The van der Waals surface area contributed by atoms with Crippen molar-refractivity contribution in [2.75, 3.05) is 5.75 Å². The molecule has 0 spiro atoms. The van der Waals surface area contributed by atoms with Crippen LogP contribution in [0.4, 0.5) is 4.39 Å². The molecule has 0 saturated carbocycles. The van der Waals surface area contributed by atoms with Crippen LogP contribution in [0.25, 0.3) is 11.0 Å². The molecule has 0 amide bonds. The summed E-state index contributed by atoms with van der Waals surface area (Å²) in [6.07, 6.45) is 0.699. The summed E-state index contributed by atoms with van der Waals surface area (Å²) in [4.78, 5) is 7.13. The number of halogens is 1. The van der Waals surface area contributed by atoms with Gasteiger partial charge in [0.15, 0.2) is 5.82 Å². The molecule has 1 aromatic heterocycles. The summed E-state index contributed by atoms with van der Waals surface area (Å²) in [5.41, 5.74) is 1.15. The minimum Gasteiger partial charge on any atom is -0.342 e. The summed E-state index contributed by atoms with van der Waals surface area (Å²) in [5.74, 6) is 1.05. The molecular formula is C10H8FN3S2. The predicted octanol–water partition coefficient (Wildman–Crippen LogP) is 2.69. The van der Waals surface area contributed by atoms with Crippen molar-refractivity contribution >= 4 is 33.5 Å². The van der Waals surface area contributed by atoms with Crippen molar-refractivity contribution in [3.05, 3.63) is 29.3 Å². The lowest BCUT2D eigenvalue weighted by Crippen LogP contribution is -1.88. The van der Waals surface area contributed by atoms with Crippen LogP contribution in [0.2, 0.25) is 0 Å². The van der Waals surface area contributed by atoms with Crippen molar-refractivity contribution in [3.63, 3.8) is 0 Å². The topological polar surface area (TPSA) is 52.5 Å². The first kappa shape index (κ1) is 11.3. The Kier molecular flexibility index (Phi) is 3.36. The molecule has 0 saturated heterocycles. The lowest BCUT2D eigenvalue weighted by molar-refractivity contribution is 0.636. The maximum atomic E-state index is 13.5. The monoisotopic (exact) mass is 253 g/mol. The van der Waals surface area contributed by atoms with Gasteiger partial charge in [0, 0.05) is 12.2 Å². The number of hydrogen-bond donors (Lipinski definition) is 2. The molecule has 2 rings (SSSR count).